The molecule has 1 aliphatic carbocycles. The molecule has 2 heterocycles. The van der Waals surface area contributed by atoms with E-state index in [0.29, 0.717) is 26.2 Å². The van der Waals surface area contributed by atoms with Gasteiger partial charge in [-0.1, -0.05) is 27.7 Å². The Bertz CT molecular complexity index is 640. The minimum atomic E-state index is -1.02. The summed E-state index contributed by atoms with van der Waals surface area (Å²) in [5, 5.41) is 22.3. The minimum Gasteiger partial charge on any atom is -0.480 e. The number of aliphatic hydroxyl groups excluding tert-OH is 1. The van der Waals surface area contributed by atoms with Crippen molar-refractivity contribution in [2.45, 2.75) is 46.2 Å². The largest absolute Gasteiger partial charge is 0.480 e. The van der Waals surface area contributed by atoms with Crippen molar-refractivity contribution >= 4 is 17.8 Å². The molecule has 5 atom stereocenters. The summed E-state index contributed by atoms with van der Waals surface area (Å²) in [4.78, 5) is 39.1. The number of hydrogen-bond donors (Lipinski definition) is 3. The molecule has 8 nitrogen and oxygen atoms in total. The number of carboxylic acids is 1. The van der Waals surface area contributed by atoms with Gasteiger partial charge in [-0.25, -0.2) is 4.79 Å². The van der Waals surface area contributed by atoms with Crippen LogP contribution in [0.3, 0.4) is 0 Å². The van der Waals surface area contributed by atoms with Gasteiger partial charge < -0.3 is 25.2 Å². The third-order valence-corrected chi connectivity index (χ3v) is 6.77. The summed E-state index contributed by atoms with van der Waals surface area (Å²) in [5.41, 5.74) is -1.01. The predicted octanol–water partition coefficient (Wildman–Crippen LogP) is 0.0938. The maximum absolute atomic E-state index is 13.3. The standard InChI is InChI=1S/C19H30N2O6/c1-18(2,9-22)14(20-15(23)10-5-6-27-8-10)16(24)21-7-11-12(19(11,3)4)13(21)17(25)26/h10-14,22H,5-9H2,1-4H3,(H,20,23)(H,25,26)/t10-,11-,12-,13-,14+/m0/s1. The summed E-state index contributed by atoms with van der Waals surface area (Å²) < 4.78 is 5.24. The van der Waals surface area contributed by atoms with Crippen LogP contribution in [0.5, 0.6) is 0 Å². The topological polar surface area (TPSA) is 116 Å². The molecule has 1 saturated carbocycles. The molecule has 0 bridgehead atoms. The second kappa shape index (κ2) is 6.74. The Kier molecular flexibility index (Phi) is 5.01. The maximum Gasteiger partial charge on any atom is 0.326 e. The van der Waals surface area contributed by atoms with Crippen molar-refractivity contribution in [1.82, 2.24) is 10.2 Å². The van der Waals surface area contributed by atoms with E-state index in [1.54, 1.807) is 13.8 Å². The lowest BCUT2D eigenvalue weighted by molar-refractivity contribution is -0.153. The smallest absolute Gasteiger partial charge is 0.326 e. The Morgan fingerprint density at radius 3 is 2.52 bits per heavy atom. The number of aliphatic carboxylic acids is 1. The van der Waals surface area contributed by atoms with Crippen LogP contribution in [0.1, 0.15) is 34.1 Å². The van der Waals surface area contributed by atoms with Gasteiger partial charge in [0.1, 0.15) is 12.1 Å². The number of hydrogen-bond acceptors (Lipinski definition) is 5. The van der Waals surface area contributed by atoms with Crippen molar-refractivity contribution in [2.24, 2.45) is 28.6 Å². The highest BCUT2D eigenvalue weighted by molar-refractivity contribution is 5.92. The molecule has 152 valence electrons. The molecule has 3 N–H and O–H groups in total. The summed E-state index contributed by atoms with van der Waals surface area (Å²) in [5.74, 6) is -1.98. The van der Waals surface area contributed by atoms with Crippen LogP contribution in [-0.4, -0.2) is 71.3 Å². The SMILES string of the molecule is CC(C)(CO)[C@H](NC(=O)[C@H]1CCOC1)C(=O)N1C[C@H]2[C@@H]([C@H]1C(=O)O)C2(C)C. The van der Waals surface area contributed by atoms with Gasteiger partial charge in [0.25, 0.3) is 0 Å². The molecular weight excluding hydrogens is 352 g/mol. The van der Waals surface area contributed by atoms with Crippen LogP contribution in [0.4, 0.5) is 0 Å². The van der Waals surface area contributed by atoms with Gasteiger partial charge in [0.2, 0.25) is 11.8 Å². The molecule has 0 aromatic rings. The molecule has 0 radical (unpaired) electrons. The normalized spacial score (nSPS) is 32.7. The van der Waals surface area contributed by atoms with E-state index in [1.807, 2.05) is 13.8 Å². The molecule has 2 amide bonds. The van der Waals surface area contributed by atoms with Crippen LogP contribution in [0.2, 0.25) is 0 Å². The molecule has 8 heteroatoms. The van der Waals surface area contributed by atoms with Crippen LogP contribution in [0.15, 0.2) is 0 Å². The fraction of sp³-hybridized carbons (Fsp3) is 0.842. The second-order valence-electron chi connectivity index (χ2n) is 9.38. The number of aliphatic hydroxyl groups is 1. The van der Waals surface area contributed by atoms with Crippen molar-refractivity contribution < 1.29 is 29.3 Å². The number of piperidine rings is 1. The highest BCUT2D eigenvalue weighted by atomic mass is 16.5. The zero-order valence-corrected chi connectivity index (χ0v) is 16.4. The first-order valence-corrected chi connectivity index (χ1v) is 9.54. The number of carbonyl (C=O) groups excluding carboxylic acids is 2. The van der Waals surface area contributed by atoms with Gasteiger partial charge in [0.15, 0.2) is 0 Å². The summed E-state index contributed by atoms with van der Waals surface area (Å²) >= 11 is 0. The van der Waals surface area contributed by atoms with Crippen LogP contribution in [0.25, 0.3) is 0 Å². The molecular formula is C19H30N2O6. The number of fused-ring (bicyclic) bond motifs is 1. The first kappa shape index (κ1) is 20.1. The third kappa shape index (κ3) is 3.33. The van der Waals surface area contributed by atoms with Gasteiger partial charge >= 0.3 is 5.97 Å². The molecule has 0 spiro atoms. The fourth-order valence-corrected chi connectivity index (χ4v) is 4.65. The summed E-state index contributed by atoms with van der Waals surface area (Å²) in [6.07, 6.45) is 0.589. The van der Waals surface area contributed by atoms with Crippen molar-refractivity contribution in [2.75, 3.05) is 26.4 Å². The molecule has 3 aliphatic rings. The van der Waals surface area contributed by atoms with E-state index < -0.39 is 29.4 Å². The highest BCUT2D eigenvalue weighted by Crippen LogP contribution is 2.65. The molecule has 3 rings (SSSR count). The van der Waals surface area contributed by atoms with Crippen LogP contribution >= 0.6 is 0 Å². The summed E-state index contributed by atoms with van der Waals surface area (Å²) in [6, 6.07) is -1.88. The number of nitrogens with one attached hydrogen (secondary N) is 1. The summed E-state index contributed by atoms with van der Waals surface area (Å²) in [7, 11) is 0. The monoisotopic (exact) mass is 382 g/mol. The van der Waals surface area contributed by atoms with Gasteiger partial charge in [0, 0.05) is 24.5 Å². The van der Waals surface area contributed by atoms with Gasteiger partial charge in [0.05, 0.1) is 19.1 Å². The molecule has 0 aromatic heterocycles. The number of rotatable bonds is 6. The Morgan fingerprint density at radius 1 is 1.33 bits per heavy atom. The van der Waals surface area contributed by atoms with Crippen molar-refractivity contribution in [3.63, 3.8) is 0 Å². The first-order valence-electron chi connectivity index (χ1n) is 9.54. The van der Waals surface area contributed by atoms with Gasteiger partial charge in [-0.2, -0.15) is 0 Å². The van der Waals surface area contributed by atoms with E-state index >= 15 is 0 Å². The molecule has 2 aliphatic heterocycles. The predicted molar refractivity (Wildman–Crippen MR) is 95.6 cm³/mol. The average molecular weight is 382 g/mol. The molecule has 3 fully saturated rings. The molecule has 0 aromatic carbocycles. The quantitative estimate of drug-likeness (QED) is 0.600. The van der Waals surface area contributed by atoms with Crippen molar-refractivity contribution in [1.29, 1.82) is 0 Å². The van der Waals surface area contributed by atoms with Crippen LogP contribution in [0, 0.1) is 28.6 Å². The van der Waals surface area contributed by atoms with E-state index in [4.69, 9.17) is 4.74 Å². The Hall–Kier alpha value is -1.67. The third-order valence-electron chi connectivity index (χ3n) is 6.77. The number of likely N-dealkylation sites (tertiary alicyclic amines) is 1. The maximum atomic E-state index is 13.3. The van der Waals surface area contributed by atoms with E-state index in [0.717, 1.165) is 0 Å². The Labute approximate surface area is 159 Å². The molecule has 0 unspecified atom stereocenters. The van der Waals surface area contributed by atoms with Gasteiger partial charge in [-0.05, 0) is 17.8 Å². The summed E-state index contributed by atoms with van der Waals surface area (Å²) in [6.45, 7) is 8.31. The van der Waals surface area contributed by atoms with Crippen molar-refractivity contribution in [3.8, 4) is 0 Å². The zero-order valence-electron chi connectivity index (χ0n) is 16.4. The van der Waals surface area contributed by atoms with Gasteiger partial charge in [-0.3, -0.25) is 9.59 Å². The lowest BCUT2D eigenvalue weighted by Crippen LogP contribution is -2.60. The fourth-order valence-electron chi connectivity index (χ4n) is 4.65. The van der Waals surface area contributed by atoms with Crippen molar-refractivity contribution in [3.05, 3.63) is 0 Å². The van der Waals surface area contributed by atoms with Gasteiger partial charge in [-0.15, -0.1) is 0 Å². The second-order valence-corrected chi connectivity index (χ2v) is 9.38. The van der Waals surface area contributed by atoms with E-state index in [2.05, 4.69) is 5.32 Å². The van der Waals surface area contributed by atoms with E-state index in [9.17, 15) is 24.6 Å². The van der Waals surface area contributed by atoms with E-state index in [-0.39, 0.29) is 35.7 Å². The lowest BCUT2D eigenvalue weighted by atomic mass is 9.83. The average Bonchev–Trinajstić information content (AvgIpc) is 3.08. The number of amides is 2. The number of nitrogens with zero attached hydrogens (tertiary/aromatic N) is 1. The number of carboxylic acid groups (broad SMARTS) is 1. The van der Waals surface area contributed by atoms with Crippen LogP contribution in [-0.2, 0) is 19.1 Å². The highest BCUT2D eigenvalue weighted by Gasteiger charge is 2.70. The Balaban J connectivity index is 1.81. The van der Waals surface area contributed by atoms with Crippen LogP contribution < -0.4 is 5.32 Å². The molecule has 2 saturated heterocycles. The van der Waals surface area contributed by atoms with E-state index in [1.165, 1.54) is 4.90 Å². The number of carbonyl (C=O) groups is 3. The lowest BCUT2D eigenvalue weighted by Gasteiger charge is -2.38. The minimum absolute atomic E-state index is 0.0734. The zero-order chi connectivity index (χ0) is 20.1. The molecule has 27 heavy (non-hydrogen) atoms. The number of ether oxygens (including phenoxy) is 1. The first-order chi connectivity index (χ1) is 12.5. The Morgan fingerprint density at radius 2 is 2.00 bits per heavy atom.